The Hall–Kier alpha value is -0.0800. The van der Waals surface area contributed by atoms with Crippen LogP contribution in [0.4, 0.5) is 0 Å². The average Bonchev–Trinajstić information content (AvgIpc) is 2.69. The van der Waals surface area contributed by atoms with Gasteiger partial charge in [0.15, 0.2) is 0 Å². The summed E-state index contributed by atoms with van der Waals surface area (Å²) >= 11 is 0. The summed E-state index contributed by atoms with van der Waals surface area (Å²) in [7, 11) is 1.86. The lowest BCUT2D eigenvalue weighted by atomic mass is 9.79. The van der Waals surface area contributed by atoms with Crippen molar-refractivity contribution in [2.24, 2.45) is 5.92 Å². The van der Waals surface area contributed by atoms with Crippen molar-refractivity contribution in [3.05, 3.63) is 0 Å². The van der Waals surface area contributed by atoms with Crippen LogP contribution < -0.4 is 5.32 Å². The Balaban J connectivity index is 1.72. The zero-order valence-corrected chi connectivity index (χ0v) is 10.2. The first kappa shape index (κ1) is 11.4. The Morgan fingerprint density at radius 3 is 2.40 bits per heavy atom. The molecule has 0 aromatic carbocycles. The predicted molar refractivity (Wildman–Crippen MR) is 63.0 cm³/mol. The van der Waals surface area contributed by atoms with E-state index in [4.69, 9.17) is 4.74 Å². The van der Waals surface area contributed by atoms with Gasteiger partial charge in [0.2, 0.25) is 0 Å². The largest absolute Gasteiger partial charge is 0.377 e. The summed E-state index contributed by atoms with van der Waals surface area (Å²) in [5.74, 6) is 0.916. The van der Waals surface area contributed by atoms with Crippen LogP contribution >= 0.6 is 0 Å². The fourth-order valence-corrected chi connectivity index (χ4v) is 3.00. The summed E-state index contributed by atoms with van der Waals surface area (Å²) < 4.78 is 5.62. The summed E-state index contributed by atoms with van der Waals surface area (Å²) in [4.78, 5) is 0. The van der Waals surface area contributed by atoms with E-state index in [1.807, 2.05) is 7.11 Å². The highest BCUT2D eigenvalue weighted by atomic mass is 16.5. The van der Waals surface area contributed by atoms with Crippen molar-refractivity contribution in [1.29, 1.82) is 0 Å². The van der Waals surface area contributed by atoms with Gasteiger partial charge >= 0.3 is 0 Å². The molecule has 0 aromatic rings. The maximum atomic E-state index is 5.62. The summed E-state index contributed by atoms with van der Waals surface area (Å²) in [6.45, 7) is 3.40. The first-order chi connectivity index (χ1) is 7.26. The maximum Gasteiger partial charge on any atom is 0.0802 e. The monoisotopic (exact) mass is 211 g/mol. The Morgan fingerprint density at radius 2 is 1.93 bits per heavy atom. The SMILES string of the molecule is COC1(CNC(C)C2CCCC2)CCC1. The van der Waals surface area contributed by atoms with Crippen molar-refractivity contribution in [2.75, 3.05) is 13.7 Å². The van der Waals surface area contributed by atoms with Crippen LogP contribution in [-0.2, 0) is 4.74 Å². The van der Waals surface area contributed by atoms with Crippen molar-refractivity contribution in [2.45, 2.75) is 63.5 Å². The molecule has 2 nitrogen and oxygen atoms in total. The standard InChI is InChI=1S/C13H25NO/c1-11(12-6-3-4-7-12)14-10-13(15-2)8-5-9-13/h11-12,14H,3-10H2,1-2H3. The molecule has 1 unspecified atom stereocenters. The third-order valence-electron chi connectivity index (χ3n) is 4.55. The van der Waals surface area contributed by atoms with Gasteiger partial charge in [0.25, 0.3) is 0 Å². The molecule has 0 amide bonds. The van der Waals surface area contributed by atoms with Crippen LogP contribution in [0.25, 0.3) is 0 Å². The highest BCUT2D eigenvalue weighted by Crippen LogP contribution is 2.35. The Bertz CT molecular complexity index is 189. The zero-order valence-electron chi connectivity index (χ0n) is 10.2. The van der Waals surface area contributed by atoms with Gasteiger partial charge in [0.1, 0.15) is 0 Å². The number of hydrogen-bond acceptors (Lipinski definition) is 2. The molecule has 2 rings (SSSR count). The molecule has 1 atom stereocenters. The highest BCUT2D eigenvalue weighted by molar-refractivity contribution is 4.92. The number of rotatable bonds is 5. The number of methoxy groups -OCH3 is 1. The number of hydrogen-bond donors (Lipinski definition) is 1. The quantitative estimate of drug-likeness (QED) is 0.755. The first-order valence-corrected chi connectivity index (χ1v) is 6.54. The van der Waals surface area contributed by atoms with Gasteiger partial charge in [-0.3, -0.25) is 0 Å². The molecule has 2 aliphatic carbocycles. The van der Waals surface area contributed by atoms with E-state index in [2.05, 4.69) is 12.2 Å². The van der Waals surface area contributed by atoms with Crippen LogP contribution in [0.3, 0.4) is 0 Å². The van der Waals surface area contributed by atoms with E-state index in [0.717, 1.165) is 12.5 Å². The van der Waals surface area contributed by atoms with Gasteiger partial charge < -0.3 is 10.1 Å². The van der Waals surface area contributed by atoms with Crippen molar-refractivity contribution in [3.63, 3.8) is 0 Å². The van der Waals surface area contributed by atoms with Gasteiger partial charge in [0.05, 0.1) is 5.60 Å². The Labute approximate surface area is 93.8 Å². The van der Waals surface area contributed by atoms with Crippen LogP contribution in [0.5, 0.6) is 0 Å². The molecule has 2 heteroatoms. The molecule has 0 saturated heterocycles. The lowest BCUT2D eigenvalue weighted by molar-refractivity contribution is -0.0714. The van der Waals surface area contributed by atoms with Gasteiger partial charge in [-0.05, 0) is 44.9 Å². The molecule has 88 valence electrons. The average molecular weight is 211 g/mol. The predicted octanol–water partition coefficient (Wildman–Crippen LogP) is 2.72. The Morgan fingerprint density at radius 1 is 1.27 bits per heavy atom. The van der Waals surface area contributed by atoms with E-state index in [0.29, 0.717) is 6.04 Å². The van der Waals surface area contributed by atoms with Gasteiger partial charge in [-0.25, -0.2) is 0 Å². The summed E-state index contributed by atoms with van der Waals surface area (Å²) in [6, 6.07) is 0.681. The van der Waals surface area contributed by atoms with E-state index >= 15 is 0 Å². The second-order valence-corrected chi connectivity index (χ2v) is 5.45. The fourth-order valence-electron chi connectivity index (χ4n) is 3.00. The van der Waals surface area contributed by atoms with E-state index in [1.54, 1.807) is 0 Å². The molecule has 0 spiro atoms. The lowest BCUT2D eigenvalue weighted by Gasteiger charge is -2.41. The van der Waals surface area contributed by atoms with Crippen molar-refractivity contribution in [3.8, 4) is 0 Å². The molecule has 0 radical (unpaired) electrons. The minimum absolute atomic E-state index is 0.187. The lowest BCUT2D eigenvalue weighted by Crippen LogP contribution is -2.50. The van der Waals surface area contributed by atoms with Crippen LogP contribution in [0, 0.1) is 5.92 Å². The van der Waals surface area contributed by atoms with Gasteiger partial charge in [-0.15, -0.1) is 0 Å². The van der Waals surface area contributed by atoms with E-state index < -0.39 is 0 Å². The molecule has 0 aromatic heterocycles. The minimum Gasteiger partial charge on any atom is -0.377 e. The van der Waals surface area contributed by atoms with E-state index in [-0.39, 0.29) is 5.60 Å². The smallest absolute Gasteiger partial charge is 0.0802 e. The summed E-state index contributed by atoms with van der Waals surface area (Å²) in [5, 5.41) is 3.69. The molecule has 0 bridgehead atoms. The van der Waals surface area contributed by atoms with Crippen LogP contribution in [0.2, 0.25) is 0 Å². The first-order valence-electron chi connectivity index (χ1n) is 6.54. The Kier molecular flexibility index (Phi) is 3.68. The van der Waals surface area contributed by atoms with Crippen LogP contribution in [0.1, 0.15) is 51.9 Å². The zero-order chi connectivity index (χ0) is 10.7. The van der Waals surface area contributed by atoms with Gasteiger partial charge in [-0.2, -0.15) is 0 Å². The maximum absolute atomic E-state index is 5.62. The minimum atomic E-state index is 0.187. The third-order valence-corrected chi connectivity index (χ3v) is 4.55. The third kappa shape index (κ3) is 2.54. The highest BCUT2D eigenvalue weighted by Gasteiger charge is 2.37. The molecule has 1 N–H and O–H groups in total. The van der Waals surface area contributed by atoms with Crippen LogP contribution in [0.15, 0.2) is 0 Å². The van der Waals surface area contributed by atoms with E-state index in [1.165, 1.54) is 44.9 Å². The van der Waals surface area contributed by atoms with Crippen LogP contribution in [-0.4, -0.2) is 25.3 Å². The van der Waals surface area contributed by atoms with Crippen molar-refractivity contribution in [1.82, 2.24) is 5.32 Å². The molecular weight excluding hydrogens is 186 g/mol. The summed E-state index contributed by atoms with van der Waals surface area (Å²) in [6.07, 6.45) is 9.55. The number of nitrogens with one attached hydrogen (secondary N) is 1. The topological polar surface area (TPSA) is 21.3 Å². The molecule has 2 aliphatic rings. The molecule has 2 saturated carbocycles. The van der Waals surface area contributed by atoms with Gasteiger partial charge in [-0.1, -0.05) is 12.8 Å². The second-order valence-electron chi connectivity index (χ2n) is 5.45. The van der Waals surface area contributed by atoms with Gasteiger partial charge in [0, 0.05) is 19.7 Å². The molecule has 15 heavy (non-hydrogen) atoms. The second kappa shape index (κ2) is 4.84. The normalized spacial score (nSPS) is 27.6. The molecule has 2 fully saturated rings. The molecule has 0 aliphatic heterocycles. The molecule has 0 heterocycles. The van der Waals surface area contributed by atoms with Crippen molar-refractivity contribution < 1.29 is 4.74 Å². The summed E-state index contributed by atoms with van der Waals surface area (Å²) in [5.41, 5.74) is 0.187. The fraction of sp³-hybridized carbons (Fsp3) is 1.00. The van der Waals surface area contributed by atoms with Crippen molar-refractivity contribution >= 4 is 0 Å². The van der Waals surface area contributed by atoms with E-state index in [9.17, 15) is 0 Å². The molecular formula is C13H25NO. The number of ether oxygens (including phenoxy) is 1.